The number of hydrogen-bond donors (Lipinski definition) is 1. The van der Waals surface area contributed by atoms with Gasteiger partial charge in [0.25, 0.3) is 5.91 Å². The SMILES string of the molecule is COC(=O)c1c(NC(=O)c2ccc(OC(C)C)cc2)sc(C)c1-c1ccc(C)c(C)c1. The van der Waals surface area contributed by atoms with Crippen LogP contribution < -0.4 is 10.1 Å². The van der Waals surface area contributed by atoms with Crippen molar-refractivity contribution in [3.05, 3.63) is 69.6 Å². The van der Waals surface area contributed by atoms with Crippen LogP contribution >= 0.6 is 11.3 Å². The highest BCUT2D eigenvalue weighted by Gasteiger charge is 2.25. The lowest BCUT2D eigenvalue weighted by Gasteiger charge is -2.11. The van der Waals surface area contributed by atoms with Crippen molar-refractivity contribution >= 4 is 28.2 Å². The quantitative estimate of drug-likeness (QED) is 0.469. The van der Waals surface area contributed by atoms with Gasteiger partial charge in [-0.05, 0) is 75.6 Å². The first-order valence-electron chi connectivity index (χ1n) is 10.1. The van der Waals surface area contributed by atoms with Crippen LogP contribution in [0.4, 0.5) is 5.00 Å². The Bertz CT molecular complexity index is 1110. The van der Waals surface area contributed by atoms with Crippen molar-refractivity contribution in [3.63, 3.8) is 0 Å². The van der Waals surface area contributed by atoms with Crippen LogP contribution in [0.2, 0.25) is 0 Å². The number of aryl methyl sites for hydroxylation is 3. The Kier molecular flexibility index (Phi) is 6.81. The third kappa shape index (κ3) is 4.97. The molecule has 0 fully saturated rings. The van der Waals surface area contributed by atoms with Gasteiger partial charge in [0, 0.05) is 16.0 Å². The Balaban J connectivity index is 1.96. The van der Waals surface area contributed by atoms with Crippen LogP contribution in [0.25, 0.3) is 11.1 Å². The zero-order valence-corrected chi connectivity index (χ0v) is 19.5. The zero-order valence-electron chi connectivity index (χ0n) is 18.7. The van der Waals surface area contributed by atoms with Crippen molar-refractivity contribution in [1.82, 2.24) is 0 Å². The Morgan fingerprint density at radius 2 is 1.65 bits per heavy atom. The van der Waals surface area contributed by atoms with Crippen molar-refractivity contribution < 1.29 is 19.1 Å². The van der Waals surface area contributed by atoms with Gasteiger partial charge in [-0.3, -0.25) is 4.79 Å². The van der Waals surface area contributed by atoms with Gasteiger partial charge in [0.1, 0.15) is 16.3 Å². The molecule has 0 atom stereocenters. The predicted molar refractivity (Wildman–Crippen MR) is 125 cm³/mol. The number of amides is 1. The number of rotatable bonds is 6. The van der Waals surface area contributed by atoms with Crippen LogP contribution in [0, 0.1) is 20.8 Å². The van der Waals surface area contributed by atoms with E-state index in [2.05, 4.69) is 11.4 Å². The highest BCUT2D eigenvalue weighted by molar-refractivity contribution is 7.17. The number of thiophene rings is 1. The largest absolute Gasteiger partial charge is 0.491 e. The van der Waals surface area contributed by atoms with Gasteiger partial charge in [0.05, 0.1) is 13.2 Å². The number of nitrogens with one attached hydrogen (secondary N) is 1. The lowest BCUT2D eigenvalue weighted by atomic mass is 9.97. The van der Waals surface area contributed by atoms with Crippen molar-refractivity contribution in [3.8, 4) is 16.9 Å². The average molecular weight is 438 g/mol. The summed E-state index contributed by atoms with van der Waals surface area (Å²) in [6.07, 6.45) is 0.0558. The summed E-state index contributed by atoms with van der Waals surface area (Å²) in [4.78, 5) is 26.5. The molecular weight excluding hydrogens is 410 g/mol. The summed E-state index contributed by atoms with van der Waals surface area (Å²) in [6.45, 7) is 9.91. The second-order valence-electron chi connectivity index (χ2n) is 7.67. The molecule has 0 radical (unpaired) electrons. The first kappa shape index (κ1) is 22.6. The fourth-order valence-electron chi connectivity index (χ4n) is 3.31. The van der Waals surface area contributed by atoms with E-state index in [9.17, 15) is 9.59 Å². The number of benzene rings is 2. The molecule has 0 spiro atoms. The van der Waals surface area contributed by atoms with Crippen LogP contribution in [0.3, 0.4) is 0 Å². The molecule has 0 aliphatic heterocycles. The van der Waals surface area contributed by atoms with Gasteiger partial charge in [-0.2, -0.15) is 0 Å². The Morgan fingerprint density at radius 1 is 0.968 bits per heavy atom. The molecule has 0 aliphatic rings. The lowest BCUT2D eigenvalue weighted by Crippen LogP contribution is -2.14. The summed E-state index contributed by atoms with van der Waals surface area (Å²) in [5.41, 5.74) is 4.87. The summed E-state index contributed by atoms with van der Waals surface area (Å²) < 4.78 is 10.7. The van der Waals surface area contributed by atoms with E-state index in [1.165, 1.54) is 24.0 Å². The first-order valence-corrected chi connectivity index (χ1v) is 10.9. The molecule has 0 bridgehead atoms. The molecule has 3 aromatic rings. The summed E-state index contributed by atoms with van der Waals surface area (Å²) in [7, 11) is 1.35. The molecule has 1 N–H and O–H groups in total. The van der Waals surface area contributed by atoms with Gasteiger partial charge in [-0.25, -0.2) is 4.79 Å². The Hall–Kier alpha value is -3.12. The maximum Gasteiger partial charge on any atom is 0.341 e. The topological polar surface area (TPSA) is 64.6 Å². The lowest BCUT2D eigenvalue weighted by molar-refractivity contribution is 0.0603. The first-order chi connectivity index (χ1) is 14.7. The van der Waals surface area contributed by atoms with Crippen LogP contribution in [0.5, 0.6) is 5.75 Å². The average Bonchev–Trinajstić information content (AvgIpc) is 3.05. The predicted octanol–water partition coefficient (Wildman–Crippen LogP) is 6.17. The maximum atomic E-state index is 12.9. The van der Waals surface area contributed by atoms with Crippen LogP contribution in [-0.4, -0.2) is 25.1 Å². The van der Waals surface area contributed by atoms with Crippen molar-refractivity contribution in [2.75, 3.05) is 12.4 Å². The van der Waals surface area contributed by atoms with Gasteiger partial charge in [0.2, 0.25) is 0 Å². The monoisotopic (exact) mass is 437 g/mol. The van der Waals surface area contributed by atoms with E-state index in [0.717, 1.165) is 21.6 Å². The molecule has 1 heterocycles. The standard InChI is InChI=1S/C25H27NO4S/c1-14(2)30-20-11-9-18(10-12-20)23(27)26-24-22(25(28)29-6)21(17(5)31-24)19-8-7-15(3)16(4)13-19/h7-14H,1-6H3,(H,26,27). The molecule has 0 saturated heterocycles. The van der Waals surface area contributed by atoms with Gasteiger partial charge in [0.15, 0.2) is 0 Å². The minimum absolute atomic E-state index is 0.0558. The summed E-state index contributed by atoms with van der Waals surface area (Å²) in [5, 5.41) is 3.37. The molecule has 0 saturated carbocycles. The third-order valence-corrected chi connectivity index (χ3v) is 6.01. The summed E-state index contributed by atoms with van der Waals surface area (Å²) in [6, 6.07) is 13.0. The minimum atomic E-state index is -0.478. The molecule has 162 valence electrons. The second-order valence-corrected chi connectivity index (χ2v) is 8.90. The Morgan fingerprint density at radius 3 is 2.23 bits per heavy atom. The fourth-order valence-corrected chi connectivity index (χ4v) is 4.37. The number of esters is 1. The molecule has 2 aromatic carbocycles. The van der Waals surface area contributed by atoms with Gasteiger partial charge in [-0.1, -0.05) is 18.2 Å². The number of carbonyl (C=O) groups excluding carboxylic acids is 2. The second kappa shape index (κ2) is 9.35. The molecule has 0 aliphatic carbocycles. The summed E-state index contributed by atoms with van der Waals surface area (Å²) >= 11 is 1.37. The van der Waals surface area contributed by atoms with E-state index < -0.39 is 5.97 Å². The number of hydrogen-bond acceptors (Lipinski definition) is 5. The van der Waals surface area contributed by atoms with Crippen LogP contribution in [-0.2, 0) is 4.74 Å². The van der Waals surface area contributed by atoms with E-state index in [-0.39, 0.29) is 12.0 Å². The molecule has 1 aromatic heterocycles. The van der Waals surface area contributed by atoms with E-state index in [4.69, 9.17) is 9.47 Å². The minimum Gasteiger partial charge on any atom is -0.491 e. The Labute approximate surface area is 187 Å². The van der Waals surface area contributed by atoms with E-state index in [1.54, 1.807) is 24.3 Å². The molecule has 1 amide bonds. The van der Waals surface area contributed by atoms with E-state index in [0.29, 0.717) is 21.9 Å². The van der Waals surface area contributed by atoms with Gasteiger partial charge >= 0.3 is 5.97 Å². The van der Waals surface area contributed by atoms with Crippen molar-refractivity contribution in [2.45, 2.75) is 40.7 Å². The maximum absolute atomic E-state index is 12.9. The van der Waals surface area contributed by atoms with E-state index >= 15 is 0 Å². The fraction of sp³-hybridized carbons (Fsp3) is 0.280. The normalized spacial score (nSPS) is 10.8. The molecule has 5 nitrogen and oxygen atoms in total. The molecular formula is C25H27NO4S. The highest BCUT2D eigenvalue weighted by Crippen LogP contribution is 2.41. The van der Waals surface area contributed by atoms with Crippen molar-refractivity contribution in [2.24, 2.45) is 0 Å². The number of carbonyl (C=O) groups is 2. The smallest absolute Gasteiger partial charge is 0.341 e. The molecule has 31 heavy (non-hydrogen) atoms. The highest BCUT2D eigenvalue weighted by atomic mass is 32.1. The van der Waals surface area contributed by atoms with E-state index in [1.807, 2.05) is 46.8 Å². The molecule has 0 unspecified atom stereocenters. The van der Waals surface area contributed by atoms with Crippen LogP contribution in [0.15, 0.2) is 42.5 Å². The van der Waals surface area contributed by atoms with Gasteiger partial charge < -0.3 is 14.8 Å². The van der Waals surface area contributed by atoms with Crippen molar-refractivity contribution in [1.29, 1.82) is 0 Å². The molecule has 6 heteroatoms. The number of anilines is 1. The third-order valence-electron chi connectivity index (χ3n) is 4.98. The zero-order chi connectivity index (χ0) is 22.7. The number of ether oxygens (including phenoxy) is 2. The van der Waals surface area contributed by atoms with Gasteiger partial charge in [-0.15, -0.1) is 11.3 Å². The van der Waals surface area contributed by atoms with Crippen LogP contribution in [0.1, 0.15) is 50.6 Å². The number of methoxy groups -OCH3 is 1. The summed E-state index contributed by atoms with van der Waals surface area (Å²) in [5.74, 6) is -0.0755. The molecule has 3 rings (SSSR count).